The van der Waals surface area contributed by atoms with E-state index in [-0.39, 0.29) is 0 Å². The summed E-state index contributed by atoms with van der Waals surface area (Å²) in [6.07, 6.45) is -1.22. The Morgan fingerprint density at radius 3 is 2.52 bits per heavy atom. The number of hydrogen-bond acceptors (Lipinski definition) is 4. The quantitative estimate of drug-likeness (QED) is 0.530. The minimum Gasteiger partial charge on any atom is -0.313 e. The lowest BCUT2D eigenvalue weighted by Crippen LogP contribution is -2.14. The predicted octanol–water partition coefficient (Wildman–Crippen LogP) is 4.58. The highest BCUT2D eigenvalue weighted by Crippen LogP contribution is 2.32. The number of hydrogen-bond donors (Lipinski definition) is 0. The lowest BCUT2D eigenvalue weighted by atomic mass is 10.1. The van der Waals surface area contributed by atoms with Gasteiger partial charge in [-0.1, -0.05) is 18.2 Å². The molecule has 0 amide bonds. The number of benzene rings is 1. The standard InChI is InChI=1S/C19H14F3N5/c1-26(16-7-2-3-10-23-16)18-9-8-17-24-12-15(27(17)25-18)13-5-4-6-14(11-13)19(20,21)22/h2-12H,1H3. The molecule has 8 heteroatoms. The molecule has 0 aliphatic heterocycles. The Balaban J connectivity index is 1.80. The summed E-state index contributed by atoms with van der Waals surface area (Å²) in [5, 5.41) is 4.54. The van der Waals surface area contributed by atoms with Gasteiger partial charge in [0.15, 0.2) is 11.5 Å². The van der Waals surface area contributed by atoms with Crippen molar-refractivity contribution in [2.75, 3.05) is 11.9 Å². The summed E-state index contributed by atoms with van der Waals surface area (Å²) < 4.78 is 40.6. The summed E-state index contributed by atoms with van der Waals surface area (Å²) in [6.45, 7) is 0. The highest BCUT2D eigenvalue weighted by atomic mass is 19.4. The molecule has 0 saturated heterocycles. The molecule has 0 spiro atoms. The Labute approximate surface area is 152 Å². The fourth-order valence-corrected chi connectivity index (χ4v) is 2.76. The first-order valence-corrected chi connectivity index (χ1v) is 8.11. The molecule has 1 aromatic carbocycles. The van der Waals surface area contributed by atoms with E-state index in [0.29, 0.717) is 28.5 Å². The molecule has 0 aliphatic rings. The van der Waals surface area contributed by atoms with Crippen LogP contribution in [-0.4, -0.2) is 26.6 Å². The third-order valence-corrected chi connectivity index (χ3v) is 4.17. The molecule has 136 valence electrons. The van der Waals surface area contributed by atoms with Crippen LogP contribution in [-0.2, 0) is 6.18 Å². The van der Waals surface area contributed by atoms with Crippen LogP contribution >= 0.6 is 0 Å². The molecule has 0 bridgehead atoms. The maximum atomic E-state index is 13.0. The normalized spacial score (nSPS) is 11.7. The molecule has 0 unspecified atom stereocenters. The van der Waals surface area contributed by atoms with Gasteiger partial charge in [0.1, 0.15) is 5.82 Å². The molecular formula is C19H14F3N5. The predicted molar refractivity (Wildman–Crippen MR) is 95.7 cm³/mol. The van der Waals surface area contributed by atoms with Crippen LogP contribution in [0.1, 0.15) is 5.56 Å². The number of fused-ring (bicyclic) bond motifs is 1. The van der Waals surface area contributed by atoms with Crippen molar-refractivity contribution in [1.29, 1.82) is 0 Å². The number of pyridine rings is 1. The zero-order chi connectivity index (χ0) is 19.0. The number of halogens is 3. The first-order chi connectivity index (χ1) is 12.9. The Hall–Kier alpha value is -3.42. The summed E-state index contributed by atoms with van der Waals surface area (Å²) in [4.78, 5) is 10.3. The molecular weight excluding hydrogens is 355 g/mol. The van der Waals surface area contributed by atoms with E-state index < -0.39 is 11.7 Å². The first kappa shape index (κ1) is 17.0. The lowest BCUT2D eigenvalue weighted by Gasteiger charge is -2.17. The molecule has 0 N–H and O–H groups in total. The van der Waals surface area contributed by atoms with Crippen LogP contribution in [0.3, 0.4) is 0 Å². The topological polar surface area (TPSA) is 46.3 Å². The van der Waals surface area contributed by atoms with Gasteiger partial charge in [0.25, 0.3) is 0 Å². The van der Waals surface area contributed by atoms with E-state index in [2.05, 4.69) is 15.1 Å². The van der Waals surface area contributed by atoms with E-state index in [1.165, 1.54) is 16.8 Å². The van der Waals surface area contributed by atoms with Crippen LogP contribution in [0.25, 0.3) is 16.9 Å². The molecule has 0 fully saturated rings. The van der Waals surface area contributed by atoms with Crippen molar-refractivity contribution >= 4 is 17.3 Å². The van der Waals surface area contributed by atoms with Gasteiger partial charge in [-0.05, 0) is 36.4 Å². The SMILES string of the molecule is CN(c1ccccn1)c1ccc2ncc(-c3cccc(C(F)(F)F)c3)n2n1. The van der Waals surface area contributed by atoms with Crippen LogP contribution in [0, 0.1) is 0 Å². The fraction of sp³-hybridized carbons (Fsp3) is 0.105. The van der Waals surface area contributed by atoms with Gasteiger partial charge in [0.2, 0.25) is 0 Å². The summed E-state index contributed by atoms with van der Waals surface area (Å²) in [5.74, 6) is 1.29. The number of anilines is 2. The van der Waals surface area contributed by atoms with E-state index in [0.717, 1.165) is 12.1 Å². The molecule has 5 nitrogen and oxygen atoms in total. The molecule has 0 radical (unpaired) electrons. The summed E-state index contributed by atoms with van der Waals surface area (Å²) >= 11 is 0. The molecule has 3 aromatic heterocycles. The lowest BCUT2D eigenvalue weighted by molar-refractivity contribution is -0.137. The molecule has 0 aliphatic carbocycles. The average molecular weight is 369 g/mol. The van der Waals surface area contributed by atoms with Gasteiger partial charge in [-0.3, -0.25) is 0 Å². The van der Waals surface area contributed by atoms with E-state index in [9.17, 15) is 13.2 Å². The zero-order valence-corrected chi connectivity index (χ0v) is 14.2. The third-order valence-electron chi connectivity index (χ3n) is 4.17. The second-order valence-corrected chi connectivity index (χ2v) is 5.93. The summed E-state index contributed by atoms with van der Waals surface area (Å²) in [6, 6.07) is 14.2. The number of nitrogens with zero attached hydrogens (tertiary/aromatic N) is 5. The van der Waals surface area contributed by atoms with E-state index in [1.807, 2.05) is 25.2 Å². The van der Waals surface area contributed by atoms with E-state index in [4.69, 9.17) is 0 Å². The minimum atomic E-state index is -4.41. The first-order valence-electron chi connectivity index (χ1n) is 8.11. The highest BCUT2D eigenvalue weighted by Gasteiger charge is 2.30. The van der Waals surface area contributed by atoms with Gasteiger partial charge in [0.05, 0.1) is 17.5 Å². The Morgan fingerprint density at radius 1 is 0.926 bits per heavy atom. The van der Waals surface area contributed by atoms with Crippen molar-refractivity contribution in [1.82, 2.24) is 19.6 Å². The van der Waals surface area contributed by atoms with Crippen LogP contribution in [0.4, 0.5) is 24.8 Å². The Morgan fingerprint density at radius 2 is 1.78 bits per heavy atom. The maximum absolute atomic E-state index is 13.0. The van der Waals surface area contributed by atoms with Gasteiger partial charge < -0.3 is 4.90 Å². The van der Waals surface area contributed by atoms with E-state index >= 15 is 0 Å². The van der Waals surface area contributed by atoms with Crippen molar-refractivity contribution in [2.45, 2.75) is 6.18 Å². The van der Waals surface area contributed by atoms with Crippen molar-refractivity contribution in [3.8, 4) is 11.3 Å². The van der Waals surface area contributed by atoms with Crippen molar-refractivity contribution in [3.05, 3.63) is 72.6 Å². The van der Waals surface area contributed by atoms with Crippen molar-refractivity contribution in [3.63, 3.8) is 0 Å². The van der Waals surface area contributed by atoms with Gasteiger partial charge >= 0.3 is 6.18 Å². The minimum absolute atomic E-state index is 0.391. The smallest absolute Gasteiger partial charge is 0.313 e. The van der Waals surface area contributed by atoms with Gasteiger partial charge in [-0.15, -0.1) is 5.10 Å². The molecule has 27 heavy (non-hydrogen) atoms. The zero-order valence-electron chi connectivity index (χ0n) is 14.2. The van der Waals surface area contributed by atoms with Gasteiger partial charge in [0, 0.05) is 18.8 Å². The average Bonchev–Trinajstić information content (AvgIpc) is 3.11. The molecule has 0 saturated carbocycles. The Kier molecular flexibility index (Phi) is 4.02. The monoisotopic (exact) mass is 369 g/mol. The van der Waals surface area contributed by atoms with Crippen LogP contribution < -0.4 is 4.90 Å². The van der Waals surface area contributed by atoms with Gasteiger partial charge in [-0.25, -0.2) is 14.5 Å². The van der Waals surface area contributed by atoms with Crippen molar-refractivity contribution in [2.24, 2.45) is 0 Å². The molecule has 3 heterocycles. The maximum Gasteiger partial charge on any atom is 0.416 e. The Bertz CT molecular complexity index is 1090. The van der Waals surface area contributed by atoms with Crippen LogP contribution in [0.15, 0.2) is 67.0 Å². The van der Waals surface area contributed by atoms with Crippen LogP contribution in [0.2, 0.25) is 0 Å². The third kappa shape index (κ3) is 3.21. The molecule has 4 rings (SSSR count). The van der Waals surface area contributed by atoms with Crippen molar-refractivity contribution < 1.29 is 13.2 Å². The number of rotatable bonds is 3. The molecule has 4 aromatic rings. The highest BCUT2D eigenvalue weighted by molar-refractivity contribution is 5.65. The largest absolute Gasteiger partial charge is 0.416 e. The van der Waals surface area contributed by atoms with Gasteiger partial charge in [-0.2, -0.15) is 13.2 Å². The van der Waals surface area contributed by atoms with Crippen LogP contribution in [0.5, 0.6) is 0 Å². The summed E-state index contributed by atoms with van der Waals surface area (Å²) in [5.41, 5.74) is 0.701. The summed E-state index contributed by atoms with van der Waals surface area (Å²) in [7, 11) is 1.82. The fourth-order valence-electron chi connectivity index (χ4n) is 2.76. The second-order valence-electron chi connectivity index (χ2n) is 5.93. The number of aromatic nitrogens is 4. The molecule has 0 atom stereocenters. The number of imidazole rings is 1. The second kappa shape index (κ2) is 6.39. The number of alkyl halides is 3. The van der Waals surface area contributed by atoms with E-state index in [1.54, 1.807) is 29.3 Å².